The maximum absolute atomic E-state index is 13.6. The van der Waals surface area contributed by atoms with Crippen molar-refractivity contribution in [3.8, 4) is 5.75 Å². The average Bonchev–Trinajstić information content (AvgIpc) is 3.68. The van der Waals surface area contributed by atoms with Crippen LogP contribution in [0.15, 0.2) is 96.6 Å². The summed E-state index contributed by atoms with van der Waals surface area (Å²) in [5, 5.41) is 13.8. The third kappa shape index (κ3) is 8.60. The third-order valence-electron chi connectivity index (χ3n) is 12.4. The smallest absolute Gasteiger partial charge is 0.328 e. The molecule has 4 aliphatic rings. The second kappa shape index (κ2) is 17.1. The van der Waals surface area contributed by atoms with Crippen LogP contribution in [0.25, 0.3) is 16.6 Å². The lowest BCUT2D eigenvalue weighted by atomic mass is 9.94. The SMILES string of the molecule is CC1CN(C(/C=C(\N)c2ccccc2O)=C(N)N)CC(c2ccc(C(=O)N3CCC(CN4CCC(n5ccc6c(N7CCC(=O)NC7=O)cccc65)CC4)CC3)cc2)O1. The van der Waals surface area contributed by atoms with Crippen LogP contribution in [-0.2, 0) is 9.53 Å². The van der Waals surface area contributed by atoms with E-state index in [4.69, 9.17) is 21.9 Å². The molecule has 0 bridgehead atoms. The molecule has 0 radical (unpaired) electrons. The minimum absolute atomic E-state index is 0.0535. The van der Waals surface area contributed by atoms with Crippen LogP contribution in [0.5, 0.6) is 5.75 Å². The molecule has 0 spiro atoms. The van der Waals surface area contributed by atoms with Crippen LogP contribution in [0.4, 0.5) is 10.5 Å². The van der Waals surface area contributed by atoms with Crippen molar-refractivity contribution in [1.29, 1.82) is 0 Å². The van der Waals surface area contributed by atoms with E-state index < -0.39 is 0 Å². The minimum Gasteiger partial charge on any atom is -0.507 e. The molecule has 0 saturated carbocycles. The average molecular weight is 802 g/mol. The monoisotopic (exact) mass is 801 g/mol. The molecule has 8 N–H and O–H groups in total. The molecule has 310 valence electrons. The zero-order chi connectivity index (χ0) is 41.2. The largest absolute Gasteiger partial charge is 0.507 e. The number of phenols is 1. The Morgan fingerprint density at radius 3 is 2.32 bits per heavy atom. The zero-order valence-corrected chi connectivity index (χ0v) is 33.6. The number of benzene rings is 3. The summed E-state index contributed by atoms with van der Waals surface area (Å²) in [4.78, 5) is 46.2. The van der Waals surface area contributed by atoms with Crippen molar-refractivity contribution < 1.29 is 24.2 Å². The van der Waals surface area contributed by atoms with E-state index in [1.165, 1.54) is 0 Å². The molecule has 4 saturated heterocycles. The van der Waals surface area contributed by atoms with Gasteiger partial charge >= 0.3 is 6.03 Å². The molecule has 4 fully saturated rings. The van der Waals surface area contributed by atoms with Crippen molar-refractivity contribution >= 4 is 40.1 Å². The van der Waals surface area contributed by atoms with E-state index in [-0.39, 0.29) is 41.6 Å². The van der Waals surface area contributed by atoms with Gasteiger partial charge in [0.1, 0.15) is 17.7 Å². The molecule has 2 unspecified atom stereocenters. The van der Waals surface area contributed by atoms with E-state index >= 15 is 0 Å². The van der Waals surface area contributed by atoms with Crippen LogP contribution in [0.1, 0.15) is 72.7 Å². The highest BCUT2D eigenvalue weighted by Crippen LogP contribution is 2.35. The predicted octanol–water partition coefficient (Wildman–Crippen LogP) is 4.83. The third-order valence-corrected chi connectivity index (χ3v) is 12.4. The number of fused-ring (bicyclic) bond motifs is 1. The Bertz CT molecular complexity index is 2250. The maximum Gasteiger partial charge on any atom is 0.328 e. The summed E-state index contributed by atoms with van der Waals surface area (Å²) >= 11 is 0. The molecule has 5 heterocycles. The molecule has 8 rings (SSSR count). The quantitative estimate of drug-likeness (QED) is 0.147. The second-order valence-electron chi connectivity index (χ2n) is 16.4. The molecule has 2 atom stereocenters. The Labute approximate surface area is 344 Å². The van der Waals surface area contributed by atoms with E-state index in [1.54, 1.807) is 35.2 Å². The number of imide groups is 1. The molecule has 1 aromatic heterocycles. The number of carbonyl (C=O) groups is 3. The summed E-state index contributed by atoms with van der Waals surface area (Å²) < 4.78 is 8.70. The topological polar surface area (TPSA) is 189 Å². The van der Waals surface area contributed by atoms with Gasteiger partial charge in [-0.15, -0.1) is 0 Å². The van der Waals surface area contributed by atoms with E-state index in [0.29, 0.717) is 60.5 Å². The van der Waals surface area contributed by atoms with Crippen molar-refractivity contribution in [2.75, 3.05) is 57.3 Å². The van der Waals surface area contributed by atoms with Gasteiger partial charge in [0.15, 0.2) is 0 Å². The first kappa shape index (κ1) is 39.8. The van der Waals surface area contributed by atoms with Gasteiger partial charge in [-0.1, -0.05) is 30.3 Å². The number of phenolic OH excluding ortho intramolecular Hbond substituents is 1. The number of urea groups is 1. The first-order valence-electron chi connectivity index (χ1n) is 20.8. The van der Waals surface area contributed by atoms with Crippen LogP contribution in [0.3, 0.4) is 0 Å². The summed E-state index contributed by atoms with van der Waals surface area (Å²) in [6, 6.07) is 22.8. The molecule has 4 aliphatic heterocycles. The minimum atomic E-state index is -0.362. The van der Waals surface area contributed by atoms with Crippen molar-refractivity contribution in [3.63, 3.8) is 0 Å². The van der Waals surface area contributed by atoms with Gasteiger partial charge in [0.25, 0.3) is 5.91 Å². The van der Waals surface area contributed by atoms with Gasteiger partial charge in [0.05, 0.1) is 23.0 Å². The van der Waals surface area contributed by atoms with Gasteiger partial charge in [-0.25, -0.2) is 4.79 Å². The number of allylic oxidation sites excluding steroid dienone is 1. The summed E-state index contributed by atoms with van der Waals surface area (Å²) in [7, 11) is 0. The van der Waals surface area contributed by atoms with Crippen LogP contribution < -0.4 is 27.4 Å². The molecule has 14 heteroatoms. The lowest BCUT2D eigenvalue weighted by Crippen LogP contribution is -2.49. The van der Waals surface area contributed by atoms with Gasteiger partial charge in [-0.3, -0.25) is 19.8 Å². The first-order chi connectivity index (χ1) is 28.5. The number of piperidine rings is 2. The Kier molecular flexibility index (Phi) is 11.5. The van der Waals surface area contributed by atoms with E-state index in [1.807, 2.05) is 48.2 Å². The fraction of sp³-hybridized carbons (Fsp3) is 0.400. The number of carbonyl (C=O) groups excluding carboxylic acids is 3. The molecule has 4 aromatic rings. The lowest BCUT2D eigenvalue weighted by molar-refractivity contribution is -0.120. The van der Waals surface area contributed by atoms with Crippen molar-refractivity contribution in [2.24, 2.45) is 23.1 Å². The van der Waals surface area contributed by atoms with Crippen LogP contribution in [-0.4, -0.2) is 101 Å². The van der Waals surface area contributed by atoms with Crippen LogP contribution in [0.2, 0.25) is 0 Å². The standard InChI is InChI=1S/C45H55N9O5/c1-29-26-52(39(43(47)48)25-36(46)34-5-2-3-8-40(34)55)28-41(59-29)31-9-11-32(12-10-31)44(57)51-21-13-30(14-22-51)27-50-19-15-33(16-20-50)53-23-17-35-37(53)6-4-7-38(35)54-24-18-42(56)49-45(54)58/h2-12,17,23,25,29-30,33,41,55H,13-16,18-22,24,26-28,46-48H2,1H3,(H,49,56,58)/b36-25-. The number of nitrogens with zero attached hydrogens (tertiary/aromatic N) is 5. The molecule has 14 nitrogen and oxygen atoms in total. The Morgan fingerprint density at radius 1 is 0.864 bits per heavy atom. The number of para-hydroxylation sites is 1. The second-order valence-corrected chi connectivity index (χ2v) is 16.4. The number of hydrogen-bond donors (Lipinski definition) is 5. The van der Waals surface area contributed by atoms with Gasteiger partial charge in [0, 0.05) is 93.2 Å². The number of nitrogens with two attached hydrogens (primary N) is 3. The molecular weight excluding hydrogens is 747 g/mol. The summed E-state index contributed by atoms with van der Waals surface area (Å²) in [5.74, 6) is 0.567. The highest BCUT2D eigenvalue weighted by molar-refractivity contribution is 6.09. The normalized spacial score (nSPS) is 21.5. The molecule has 59 heavy (non-hydrogen) atoms. The number of aromatic hydroxyl groups is 1. The number of hydrogen-bond acceptors (Lipinski definition) is 10. The number of morpholine rings is 1. The number of likely N-dealkylation sites (tertiary alicyclic amines) is 2. The van der Waals surface area contributed by atoms with E-state index in [9.17, 15) is 19.5 Å². The summed E-state index contributed by atoms with van der Waals surface area (Å²) in [5.41, 5.74) is 23.7. The molecule has 4 amide bonds. The first-order valence-corrected chi connectivity index (χ1v) is 20.8. The summed E-state index contributed by atoms with van der Waals surface area (Å²) in [6.07, 6.45) is 7.79. The molecule has 3 aromatic carbocycles. The van der Waals surface area contributed by atoms with Gasteiger partial charge in [-0.2, -0.15) is 0 Å². The van der Waals surface area contributed by atoms with Crippen molar-refractivity contribution in [2.45, 2.75) is 57.3 Å². The number of nitrogens with one attached hydrogen (secondary N) is 1. The fourth-order valence-corrected chi connectivity index (χ4v) is 9.24. The fourth-order valence-electron chi connectivity index (χ4n) is 9.24. The number of amides is 4. The molecule has 0 aliphatic carbocycles. The van der Waals surface area contributed by atoms with Gasteiger partial charge < -0.3 is 46.3 Å². The van der Waals surface area contributed by atoms with Gasteiger partial charge in [-0.05, 0) is 92.6 Å². The lowest BCUT2D eigenvalue weighted by Gasteiger charge is -2.39. The van der Waals surface area contributed by atoms with Gasteiger partial charge in [0.2, 0.25) is 5.91 Å². The van der Waals surface area contributed by atoms with Crippen molar-refractivity contribution in [1.82, 2.24) is 24.6 Å². The summed E-state index contributed by atoms with van der Waals surface area (Å²) in [6.45, 7) is 7.99. The predicted molar refractivity (Wildman–Crippen MR) is 228 cm³/mol. The van der Waals surface area contributed by atoms with Crippen LogP contribution in [0, 0.1) is 5.92 Å². The molecular formula is C45H55N9O5. The Hall–Kier alpha value is -5.99. The highest BCUT2D eigenvalue weighted by Gasteiger charge is 2.31. The zero-order valence-electron chi connectivity index (χ0n) is 33.6. The number of ether oxygens (including phenoxy) is 1. The Balaban J connectivity index is 0.821. The highest BCUT2D eigenvalue weighted by atomic mass is 16.5. The Morgan fingerprint density at radius 2 is 1.61 bits per heavy atom. The number of anilines is 1. The maximum atomic E-state index is 13.6. The van der Waals surface area contributed by atoms with Crippen molar-refractivity contribution in [3.05, 3.63) is 113 Å². The van der Waals surface area contributed by atoms with E-state index in [2.05, 4.69) is 38.0 Å². The number of aromatic nitrogens is 1. The van der Waals surface area contributed by atoms with E-state index in [0.717, 1.165) is 80.6 Å². The number of rotatable bonds is 9. The van der Waals surface area contributed by atoms with Crippen LogP contribution >= 0.6 is 0 Å².